The van der Waals surface area contributed by atoms with Gasteiger partial charge in [0.05, 0.1) is 25.0 Å². The number of carbonyl (C=O) groups is 3. The van der Waals surface area contributed by atoms with Crippen molar-refractivity contribution >= 4 is 39.2 Å². The molecule has 15 heteroatoms. The lowest BCUT2D eigenvalue weighted by Gasteiger charge is -2.30. The SMILES string of the molecule is CC[C@H](NC(=O)[C@@H]1C[C@@H](OCc2ccc(Cl)cc2)CN1C(=O)[C@@H](CCC1CCNCC1)NS(C)(=O)=O)C(=O)c1noc(C2CC2)n1. The van der Waals surface area contributed by atoms with E-state index in [2.05, 4.69) is 25.5 Å². The average molecular weight is 679 g/mol. The molecule has 2 aliphatic heterocycles. The lowest BCUT2D eigenvalue weighted by molar-refractivity contribution is -0.140. The lowest BCUT2D eigenvalue weighted by atomic mass is 9.91. The second kappa shape index (κ2) is 15.3. The van der Waals surface area contributed by atoms with E-state index >= 15 is 0 Å². The predicted octanol–water partition coefficient (Wildman–Crippen LogP) is 2.56. The molecule has 3 heterocycles. The molecule has 1 saturated carbocycles. The van der Waals surface area contributed by atoms with Crippen LogP contribution in [0.5, 0.6) is 0 Å². The van der Waals surface area contributed by atoms with Gasteiger partial charge in [-0.3, -0.25) is 14.4 Å². The molecule has 5 rings (SSSR count). The van der Waals surface area contributed by atoms with Crippen molar-refractivity contribution in [2.24, 2.45) is 5.92 Å². The van der Waals surface area contributed by atoms with Crippen molar-refractivity contribution in [3.05, 3.63) is 46.6 Å². The van der Waals surface area contributed by atoms with Crippen molar-refractivity contribution < 1.29 is 32.1 Å². The first-order valence-electron chi connectivity index (χ1n) is 16.0. The van der Waals surface area contributed by atoms with Crippen LogP contribution in [0.1, 0.15) is 86.3 Å². The standard InChI is InChI=1S/C31H43ClN6O7S/c1-3-24(27(39)28-35-30(45-36-28)21-7-8-21)34-29(40)26-16-23(44-18-20-4-9-22(32)10-5-20)17-38(26)31(41)25(37-46(2,42)43)11-6-19-12-14-33-15-13-19/h4-5,9-10,19,21,23-26,33,37H,3,6-8,11-18H2,1-2H3,(H,34,40)/t23-,24+,25-,26+/m1/s1. The largest absolute Gasteiger partial charge is 0.372 e. The Hall–Kier alpha value is -2.91. The van der Waals surface area contributed by atoms with Gasteiger partial charge in [0, 0.05) is 23.9 Å². The number of piperidine rings is 1. The first-order valence-corrected chi connectivity index (χ1v) is 18.3. The summed E-state index contributed by atoms with van der Waals surface area (Å²) < 4.78 is 38.6. The highest BCUT2D eigenvalue weighted by Crippen LogP contribution is 2.39. The molecule has 1 aromatic carbocycles. The highest BCUT2D eigenvalue weighted by molar-refractivity contribution is 7.88. The molecule has 3 aliphatic rings. The fourth-order valence-corrected chi connectivity index (χ4v) is 6.94. The summed E-state index contributed by atoms with van der Waals surface area (Å²) in [6, 6.07) is 4.21. The number of Topliss-reactive ketones (excluding diaryl/α,β-unsaturated/α-hetero) is 1. The van der Waals surface area contributed by atoms with Crippen molar-refractivity contribution in [3.8, 4) is 0 Å². The van der Waals surface area contributed by atoms with Gasteiger partial charge < -0.3 is 24.8 Å². The summed E-state index contributed by atoms with van der Waals surface area (Å²) in [5.74, 6) is -0.629. The highest BCUT2D eigenvalue weighted by atomic mass is 35.5. The van der Waals surface area contributed by atoms with E-state index in [4.69, 9.17) is 20.9 Å². The third-order valence-electron chi connectivity index (χ3n) is 8.85. The number of ketones is 1. The Bertz CT molecular complexity index is 1480. The number of sulfonamides is 1. The summed E-state index contributed by atoms with van der Waals surface area (Å²) in [4.78, 5) is 46.8. The Labute approximate surface area is 274 Å². The third kappa shape index (κ3) is 9.34. The van der Waals surface area contributed by atoms with Crippen molar-refractivity contribution in [1.29, 1.82) is 0 Å². The summed E-state index contributed by atoms with van der Waals surface area (Å²) in [5, 5.41) is 10.5. The number of halogens is 1. The van der Waals surface area contributed by atoms with Gasteiger partial charge in [-0.1, -0.05) is 35.8 Å². The van der Waals surface area contributed by atoms with Crippen LogP contribution in [0.25, 0.3) is 0 Å². The Morgan fingerprint density at radius 2 is 1.85 bits per heavy atom. The van der Waals surface area contributed by atoms with E-state index in [9.17, 15) is 22.8 Å². The maximum absolute atomic E-state index is 14.1. The molecule has 2 saturated heterocycles. The number of benzene rings is 1. The summed E-state index contributed by atoms with van der Waals surface area (Å²) in [6.07, 6.45) is 5.69. The maximum Gasteiger partial charge on any atom is 0.243 e. The molecule has 3 N–H and O–H groups in total. The monoisotopic (exact) mass is 678 g/mol. The number of ether oxygens (including phenoxy) is 1. The van der Waals surface area contributed by atoms with E-state index in [1.807, 2.05) is 12.1 Å². The molecule has 13 nitrogen and oxygen atoms in total. The number of hydrogen-bond donors (Lipinski definition) is 3. The van der Waals surface area contributed by atoms with E-state index < -0.39 is 51.9 Å². The second-order valence-electron chi connectivity index (χ2n) is 12.6. The van der Waals surface area contributed by atoms with Crippen LogP contribution in [0.3, 0.4) is 0 Å². The van der Waals surface area contributed by atoms with Crippen LogP contribution in [0.4, 0.5) is 0 Å². The quantitative estimate of drug-likeness (QED) is 0.238. The highest BCUT2D eigenvalue weighted by Gasteiger charge is 2.44. The minimum Gasteiger partial charge on any atom is -0.372 e. The third-order valence-corrected chi connectivity index (χ3v) is 9.82. The average Bonchev–Trinajstić information content (AvgIpc) is 3.60. The summed E-state index contributed by atoms with van der Waals surface area (Å²) >= 11 is 6.01. The van der Waals surface area contributed by atoms with Gasteiger partial charge >= 0.3 is 0 Å². The molecule has 4 atom stereocenters. The van der Waals surface area contributed by atoms with Crippen LogP contribution in [-0.4, -0.2) is 91.2 Å². The number of hydrogen-bond acceptors (Lipinski definition) is 10. The maximum atomic E-state index is 14.1. The molecule has 3 fully saturated rings. The normalized spacial score (nSPS) is 22.0. The topological polar surface area (TPSA) is 173 Å². The van der Waals surface area contributed by atoms with Gasteiger partial charge in [0.1, 0.15) is 12.1 Å². The molecule has 46 heavy (non-hydrogen) atoms. The molecule has 252 valence electrons. The van der Waals surface area contributed by atoms with Crippen LogP contribution in [-0.2, 0) is 31.0 Å². The number of aromatic nitrogens is 2. The van der Waals surface area contributed by atoms with Crippen LogP contribution < -0.4 is 15.4 Å². The fraction of sp³-hybridized carbons (Fsp3) is 0.645. The second-order valence-corrected chi connectivity index (χ2v) is 14.8. The zero-order valence-electron chi connectivity index (χ0n) is 26.2. The molecule has 0 spiro atoms. The first-order chi connectivity index (χ1) is 22.0. The van der Waals surface area contributed by atoms with Gasteiger partial charge in [0.25, 0.3) is 0 Å². The van der Waals surface area contributed by atoms with E-state index in [1.165, 1.54) is 4.90 Å². The summed E-state index contributed by atoms with van der Waals surface area (Å²) in [5.41, 5.74) is 0.871. The molecule has 1 aliphatic carbocycles. The Balaban J connectivity index is 1.32. The molecular weight excluding hydrogens is 636 g/mol. The van der Waals surface area contributed by atoms with Crippen molar-refractivity contribution in [3.63, 3.8) is 0 Å². The van der Waals surface area contributed by atoms with Gasteiger partial charge in [0.15, 0.2) is 0 Å². The number of rotatable bonds is 15. The number of carbonyl (C=O) groups excluding carboxylic acids is 3. The van der Waals surface area contributed by atoms with E-state index in [-0.39, 0.29) is 37.7 Å². The number of amides is 2. The number of nitrogens with zero attached hydrogens (tertiary/aromatic N) is 3. The van der Waals surface area contributed by atoms with Crippen LogP contribution in [0, 0.1) is 5.92 Å². The first kappa shape index (κ1) is 34.4. The van der Waals surface area contributed by atoms with Gasteiger partial charge in [-0.15, -0.1) is 0 Å². The van der Waals surface area contributed by atoms with Crippen LogP contribution in [0.15, 0.2) is 28.8 Å². The predicted molar refractivity (Wildman–Crippen MR) is 170 cm³/mol. The lowest BCUT2D eigenvalue weighted by Crippen LogP contribution is -2.55. The smallest absolute Gasteiger partial charge is 0.243 e. The van der Waals surface area contributed by atoms with Gasteiger partial charge in [-0.05, 0) is 81.6 Å². The van der Waals surface area contributed by atoms with Crippen molar-refractivity contribution in [2.75, 3.05) is 25.9 Å². The van der Waals surface area contributed by atoms with Crippen LogP contribution in [0.2, 0.25) is 5.02 Å². The van der Waals surface area contributed by atoms with Crippen molar-refractivity contribution in [2.45, 2.75) is 95.0 Å². The van der Waals surface area contributed by atoms with Gasteiger partial charge in [-0.25, -0.2) is 13.1 Å². The van der Waals surface area contributed by atoms with Crippen LogP contribution >= 0.6 is 11.6 Å². The zero-order valence-corrected chi connectivity index (χ0v) is 27.8. The molecule has 1 aromatic heterocycles. The Morgan fingerprint density at radius 1 is 1.13 bits per heavy atom. The summed E-state index contributed by atoms with van der Waals surface area (Å²) in [7, 11) is -3.74. The number of likely N-dealkylation sites (tertiary alicyclic amines) is 1. The van der Waals surface area contributed by atoms with E-state index in [0.717, 1.165) is 50.6 Å². The molecule has 2 amide bonds. The fourth-order valence-electron chi connectivity index (χ4n) is 6.08. The molecular formula is C31H43ClN6O7S. The minimum atomic E-state index is -3.74. The van der Waals surface area contributed by atoms with E-state index in [1.54, 1.807) is 19.1 Å². The molecule has 0 unspecified atom stereocenters. The molecule has 2 aromatic rings. The van der Waals surface area contributed by atoms with E-state index in [0.29, 0.717) is 29.7 Å². The van der Waals surface area contributed by atoms with Gasteiger partial charge in [0.2, 0.25) is 39.3 Å². The minimum absolute atomic E-state index is 0.0835. The molecule has 0 radical (unpaired) electrons. The van der Waals surface area contributed by atoms with Gasteiger partial charge in [-0.2, -0.15) is 4.98 Å². The zero-order chi connectivity index (χ0) is 32.8. The Kier molecular flexibility index (Phi) is 11.5. The number of nitrogens with one attached hydrogen (secondary N) is 3. The molecule has 0 bridgehead atoms. The summed E-state index contributed by atoms with van der Waals surface area (Å²) in [6.45, 7) is 3.84. The Morgan fingerprint density at radius 3 is 2.50 bits per heavy atom. The van der Waals surface area contributed by atoms with Crippen molar-refractivity contribution in [1.82, 2.24) is 30.4 Å².